The Morgan fingerprint density at radius 1 is 1.38 bits per heavy atom. The lowest BCUT2D eigenvalue weighted by Gasteiger charge is -2.34. The van der Waals surface area contributed by atoms with Crippen LogP contribution < -0.4 is 9.46 Å². The Morgan fingerprint density at radius 2 is 2.14 bits per heavy atom. The zero-order chi connectivity index (χ0) is 15.0. The van der Waals surface area contributed by atoms with E-state index in [-0.39, 0.29) is 17.8 Å². The van der Waals surface area contributed by atoms with Gasteiger partial charge in [-0.3, -0.25) is 9.52 Å². The molecular formula is C16H19NO3S. The quantitative estimate of drug-likeness (QED) is 0.654. The molecule has 0 bridgehead atoms. The predicted octanol–water partition coefficient (Wildman–Crippen LogP) is 3.62. The van der Waals surface area contributed by atoms with Crippen molar-refractivity contribution in [1.29, 1.82) is 0 Å². The second-order valence-corrected chi connectivity index (χ2v) is 6.12. The number of hydrogen-bond donors (Lipinski definition) is 2. The Kier molecular flexibility index (Phi) is 3.95. The molecule has 3 rings (SSSR count). The summed E-state index contributed by atoms with van der Waals surface area (Å²) in [6, 6.07) is 7.90. The van der Waals surface area contributed by atoms with E-state index in [1.165, 1.54) is 0 Å². The SMILES string of the molecule is CC(C)C(=O)c1cc2cc(O[C@H]3C[C@H](NS)C3)ccc2o1. The lowest BCUT2D eigenvalue weighted by Crippen LogP contribution is -2.43. The van der Waals surface area contributed by atoms with Crippen LogP contribution >= 0.6 is 12.8 Å². The lowest BCUT2D eigenvalue weighted by molar-refractivity contribution is 0.0913. The number of fused-ring (bicyclic) bond motifs is 1. The zero-order valence-electron chi connectivity index (χ0n) is 12.1. The summed E-state index contributed by atoms with van der Waals surface area (Å²) in [6.45, 7) is 3.74. The van der Waals surface area contributed by atoms with Crippen LogP contribution in [0.15, 0.2) is 28.7 Å². The number of nitrogens with one attached hydrogen (secondary N) is 1. The lowest BCUT2D eigenvalue weighted by atomic mass is 9.90. The van der Waals surface area contributed by atoms with Gasteiger partial charge in [0, 0.05) is 30.2 Å². The van der Waals surface area contributed by atoms with Gasteiger partial charge < -0.3 is 9.15 Å². The zero-order valence-corrected chi connectivity index (χ0v) is 13.0. The minimum Gasteiger partial charge on any atom is -0.490 e. The number of ketones is 1. The van der Waals surface area contributed by atoms with Crippen LogP contribution in [0.5, 0.6) is 5.75 Å². The number of carbonyl (C=O) groups excluding carboxylic acids is 1. The molecule has 1 aliphatic rings. The van der Waals surface area contributed by atoms with Crippen molar-refractivity contribution >= 4 is 29.6 Å². The molecule has 1 heterocycles. The van der Waals surface area contributed by atoms with Gasteiger partial charge in [-0.15, -0.1) is 0 Å². The van der Waals surface area contributed by atoms with Crippen molar-refractivity contribution in [3.8, 4) is 5.75 Å². The van der Waals surface area contributed by atoms with Crippen molar-refractivity contribution < 1.29 is 13.9 Å². The summed E-state index contributed by atoms with van der Waals surface area (Å²) < 4.78 is 14.4. The number of thiol groups is 1. The minimum absolute atomic E-state index is 0.0235. The first-order valence-corrected chi connectivity index (χ1v) is 7.65. The van der Waals surface area contributed by atoms with Gasteiger partial charge in [0.25, 0.3) is 0 Å². The number of benzene rings is 1. The van der Waals surface area contributed by atoms with Crippen LogP contribution in [0, 0.1) is 5.92 Å². The maximum absolute atomic E-state index is 12.0. The Balaban J connectivity index is 1.76. The molecule has 1 N–H and O–H groups in total. The van der Waals surface area contributed by atoms with E-state index in [1.807, 2.05) is 32.0 Å². The Morgan fingerprint density at radius 3 is 2.81 bits per heavy atom. The minimum atomic E-state index is -0.0677. The molecule has 112 valence electrons. The highest BCUT2D eigenvalue weighted by molar-refractivity contribution is 7.78. The predicted molar refractivity (Wildman–Crippen MR) is 84.9 cm³/mol. The van der Waals surface area contributed by atoms with Crippen molar-refractivity contribution in [3.05, 3.63) is 30.0 Å². The molecule has 1 aliphatic carbocycles. The fourth-order valence-electron chi connectivity index (χ4n) is 2.46. The van der Waals surface area contributed by atoms with E-state index >= 15 is 0 Å². The fraction of sp³-hybridized carbons (Fsp3) is 0.438. The Labute approximate surface area is 129 Å². The standard InChI is InChI=1S/C16H19NO3S/c1-9(2)16(18)15-6-10-5-12(3-4-14(10)20-15)19-13-7-11(8-13)17-21/h3-6,9,11,13,17,21H,7-8H2,1-2H3/t11-,13-. The Bertz CT molecular complexity index is 659. The van der Waals surface area contributed by atoms with Gasteiger partial charge in [0.2, 0.25) is 5.78 Å². The number of ether oxygens (including phenoxy) is 1. The molecule has 21 heavy (non-hydrogen) atoms. The number of rotatable bonds is 5. The monoisotopic (exact) mass is 305 g/mol. The van der Waals surface area contributed by atoms with Gasteiger partial charge in [-0.1, -0.05) is 26.7 Å². The third kappa shape index (κ3) is 2.94. The second kappa shape index (κ2) is 5.73. The van der Waals surface area contributed by atoms with Crippen molar-refractivity contribution in [3.63, 3.8) is 0 Å². The van der Waals surface area contributed by atoms with E-state index < -0.39 is 0 Å². The highest BCUT2D eigenvalue weighted by Gasteiger charge is 2.30. The normalized spacial score (nSPS) is 21.5. The van der Waals surface area contributed by atoms with Crippen molar-refractivity contribution in [1.82, 2.24) is 4.72 Å². The third-order valence-electron chi connectivity index (χ3n) is 3.84. The summed E-state index contributed by atoms with van der Waals surface area (Å²) in [7, 11) is 0. The molecule has 1 aromatic carbocycles. The summed E-state index contributed by atoms with van der Waals surface area (Å²) in [4.78, 5) is 12.0. The van der Waals surface area contributed by atoms with Crippen LogP contribution in [0.2, 0.25) is 0 Å². The van der Waals surface area contributed by atoms with E-state index in [2.05, 4.69) is 17.5 Å². The summed E-state index contributed by atoms with van der Waals surface area (Å²) in [6.07, 6.45) is 2.16. The van der Waals surface area contributed by atoms with E-state index in [9.17, 15) is 4.79 Å². The second-order valence-electron chi connectivity index (χ2n) is 5.87. The van der Waals surface area contributed by atoms with E-state index in [0.29, 0.717) is 11.8 Å². The van der Waals surface area contributed by atoms with Crippen LogP contribution in [0.25, 0.3) is 11.0 Å². The number of hydrogen-bond acceptors (Lipinski definition) is 5. The molecule has 1 aromatic heterocycles. The molecule has 2 aromatic rings. The molecule has 0 saturated heterocycles. The van der Waals surface area contributed by atoms with Gasteiger partial charge >= 0.3 is 0 Å². The maximum Gasteiger partial charge on any atom is 0.200 e. The maximum atomic E-state index is 12.0. The Hall–Kier alpha value is -1.46. The van der Waals surface area contributed by atoms with E-state index in [4.69, 9.17) is 9.15 Å². The summed E-state index contributed by atoms with van der Waals surface area (Å²) in [5.41, 5.74) is 0.717. The molecule has 0 spiro atoms. The van der Waals surface area contributed by atoms with Crippen molar-refractivity contribution in [2.45, 2.75) is 38.8 Å². The van der Waals surface area contributed by atoms with Crippen LogP contribution in [0.1, 0.15) is 37.2 Å². The summed E-state index contributed by atoms with van der Waals surface area (Å²) >= 11 is 4.05. The highest BCUT2D eigenvalue weighted by atomic mass is 32.1. The van der Waals surface area contributed by atoms with Gasteiger partial charge in [0.1, 0.15) is 17.4 Å². The average Bonchev–Trinajstić information content (AvgIpc) is 2.84. The molecule has 5 heteroatoms. The first kappa shape index (κ1) is 14.5. The molecule has 1 saturated carbocycles. The van der Waals surface area contributed by atoms with Crippen LogP contribution in [0.4, 0.5) is 0 Å². The van der Waals surface area contributed by atoms with Crippen LogP contribution in [-0.2, 0) is 0 Å². The fourth-order valence-corrected chi connectivity index (χ4v) is 2.67. The van der Waals surface area contributed by atoms with E-state index in [1.54, 1.807) is 6.07 Å². The molecule has 0 aliphatic heterocycles. The molecule has 1 fully saturated rings. The molecular weight excluding hydrogens is 286 g/mol. The summed E-state index contributed by atoms with van der Waals surface area (Å²) in [5.74, 6) is 1.19. The van der Waals surface area contributed by atoms with E-state index in [0.717, 1.165) is 29.6 Å². The van der Waals surface area contributed by atoms with Crippen molar-refractivity contribution in [2.75, 3.05) is 0 Å². The van der Waals surface area contributed by atoms with Gasteiger partial charge in [-0.25, -0.2) is 0 Å². The number of furan rings is 1. The largest absolute Gasteiger partial charge is 0.490 e. The number of Topliss-reactive ketones (excluding diaryl/α,β-unsaturated/α-hetero) is 1. The third-order valence-corrected chi connectivity index (χ3v) is 4.20. The van der Waals surface area contributed by atoms with Crippen LogP contribution in [0.3, 0.4) is 0 Å². The van der Waals surface area contributed by atoms with Gasteiger partial charge in [0.15, 0.2) is 5.76 Å². The van der Waals surface area contributed by atoms with Gasteiger partial charge in [-0.05, 0) is 24.3 Å². The summed E-state index contributed by atoms with van der Waals surface area (Å²) in [5, 5.41) is 0.902. The highest BCUT2D eigenvalue weighted by Crippen LogP contribution is 2.30. The smallest absolute Gasteiger partial charge is 0.200 e. The first-order valence-electron chi connectivity index (χ1n) is 7.21. The molecule has 4 nitrogen and oxygen atoms in total. The first-order chi connectivity index (χ1) is 10.1. The van der Waals surface area contributed by atoms with Gasteiger partial charge in [0.05, 0.1) is 0 Å². The molecule has 0 atom stereocenters. The van der Waals surface area contributed by atoms with Crippen LogP contribution in [-0.4, -0.2) is 17.9 Å². The van der Waals surface area contributed by atoms with Gasteiger partial charge in [-0.2, -0.15) is 0 Å². The number of carbonyl (C=O) groups is 1. The molecule has 0 unspecified atom stereocenters. The molecule has 0 radical (unpaired) electrons. The van der Waals surface area contributed by atoms with Crippen molar-refractivity contribution in [2.24, 2.45) is 5.92 Å². The molecule has 0 amide bonds. The average molecular weight is 305 g/mol. The topological polar surface area (TPSA) is 51.5 Å².